The molecule has 40 heavy (non-hydrogen) atoms. The summed E-state index contributed by atoms with van der Waals surface area (Å²) in [4.78, 5) is 28.5. The summed E-state index contributed by atoms with van der Waals surface area (Å²) in [7, 11) is 0. The van der Waals surface area contributed by atoms with Crippen LogP contribution in [0.15, 0.2) is 103 Å². The van der Waals surface area contributed by atoms with Gasteiger partial charge in [0.15, 0.2) is 0 Å². The minimum absolute atomic E-state index is 0.0108. The first-order chi connectivity index (χ1) is 19.2. The Labute approximate surface area is 234 Å². The van der Waals surface area contributed by atoms with Gasteiger partial charge in [-0.05, 0) is 93.4 Å². The van der Waals surface area contributed by atoms with Crippen LogP contribution in [-0.2, 0) is 9.59 Å². The van der Waals surface area contributed by atoms with Crippen LogP contribution in [0, 0.1) is 13.8 Å². The van der Waals surface area contributed by atoms with Gasteiger partial charge in [0, 0.05) is 11.3 Å². The molecule has 1 amide bonds. The van der Waals surface area contributed by atoms with Crippen molar-refractivity contribution in [3.8, 4) is 17.2 Å². The van der Waals surface area contributed by atoms with E-state index < -0.39 is 17.7 Å². The quantitative estimate of drug-likeness (QED) is 0.151. The van der Waals surface area contributed by atoms with Crippen molar-refractivity contribution in [2.75, 3.05) is 4.90 Å². The summed E-state index contributed by atoms with van der Waals surface area (Å²) in [5.41, 5.74) is 3.46. The number of amides is 1. The van der Waals surface area contributed by atoms with Gasteiger partial charge in [-0.2, -0.15) is 0 Å². The van der Waals surface area contributed by atoms with E-state index in [0.717, 1.165) is 11.1 Å². The van der Waals surface area contributed by atoms with E-state index in [0.29, 0.717) is 34.1 Å². The van der Waals surface area contributed by atoms with Crippen molar-refractivity contribution in [1.29, 1.82) is 0 Å². The molecule has 6 heteroatoms. The number of para-hydroxylation sites is 1. The van der Waals surface area contributed by atoms with Gasteiger partial charge in [0.2, 0.25) is 0 Å². The summed E-state index contributed by atoms with van der Waals surface area (Å²) in [6.45, 7) is 7.71. The molecular formula is C34H31NO5. The number of Topliss-reactive ketones (excluding diaryl/α,β-unsaturated/α-hetero) is 1. The molecule has 202 valence electrons. The number of rotatable bonds is 7. The van der Waals surface area contributed by atoms with Crippen LogP contribution in [0.5, 0.6) is 17.2 Å². The Morgan fingerprint density at radius 1 is 0.825 bits per heavy atom. The maximum atomic E-state index is 13.6. The zero-order chi connectivity index (χ0) is 28.4. The van der Waals surface area contributed by atoms with E-state index in [-0.39, 0.29) is 17.4 Å². The van der Waals surface area contributed by atoms with E-state index in [2.05, 4.69) is 0 Å². The van der Waals surface area contributed by atoms with Crippen LogP contribution >= 0.6 is 0 Å². The molecule has 0 spiro atoms. The molecule has 1 fully saturated rings. The topological polar surface area (TPSA) is 76.1 Å². The predicted molar refractivity (Wildman–Crippen MR) is 156 cm³/mol. The molecule has 0 bridgehead atoms. The van der Waals surface area contributed by atoms with Crippen LogP contribution in [0.3, 0.4) is 0 Å². The molecule has 4 aromatic carbocycles. The Kier molecular flexibility index (Phi) is 7.43. The number of aliphatic hydroxyl groups excluding tert-OH is 1. The number of carbonyl (C=O) groups excluding carboxylic acids is 2. The molecule has 1 N–H and O–H groups in total. The minimum Gasteiger partial charge on any atom is -0.507 e. The maximum absolute atomic E-state index is 13.6. The highest BCUT2D eigenvalue weighted by molar-refractivity contribution is 6.51. The minimum atomic E-state index is -0.867. The number of aryl methyl sites for hydroxylation is 2. The van der Waals surface area contributed by atoms with Gasteiger partial charge in [-0.15, -0.1) is 0 Å². The first-order valence-corrected chi connectivity index (χ1v) is 13.2. The number of carbonyl (C=O) groups is 2. The van der Waals surface area contributed by atoms with Crippen molar-refractivity contribution in [2.24, 2.45) is 0 Å². The van der Waals surface area contributed by atoms with Gasteiger partial charge in [0.1, 0.15) is 23.0 Å². The smallest absolute Gasteiger partial charge is 0.300 e. The zero-order valence-corrected chi connectivity index (χ0v) is 22.9. The molecule has 1 aliphatic rings. The molecule has 1 atom stereocenters. The monoisotopic (exact) mass is 533 g/mol. The number of hydrogen-bond acceptors (Lipinski definition) is 5. The van der Waals surface area contributed by atoms with E-state index in [1.807, 2.05) is 88.4 Å². The fraction of sp³-hybridized carbons (Fsp3) is 0.176. The number of anilines is 1. The van der Waals surface area contributed by atoms with Gasteiger partial charge >= 0.3 is 0 Å². The number of hydrogen-bond donors (Lipinski definition) is 1. The van der Waals surface area contributed by atoms with Gasteiger partial charge in [-0.3, -0.25) is 14.5 Å². The van der Waals surface area contributed by atoms with Crippen molar-refractivity contribution in [3.63, 3.8) is 0 Å². The molecule has 4 aromatic rings. The Balaban J connectivity index is 1.64. The van der Waals surface area contributed by atoms with Crippen LogP contribution < -0.4 is 14.4 Å². The zero-order valence-electron chi connectivity index (χ0n) is 22.9. The third kappa shape index (κ3) is 5.34. The van der Waals surface area contributed by atoms with E-state index in [1.54, 1.807) is 36.4 Å². The standard InChI is InChI=1S/C34H31NO5/c1-21(2)39-29-18-15-25(19-23(29)4)32(36)30-31(35(34(38)33(30)37)26-16-13-22(3)14-17-26)24-9-8-12-28(20-24)40-27-10-6-5-7-11-27/h5-21,31,36H,1-4H3/b32-30+. The van der Waals surface area contributed by atoms with Crippen LogP contribution in [-0.4, -0.2) is 22.9 Å². The molecule has 6 nitrogen and oxygen atoms in total. The third-order valence-corrected chi connectivity index (χ3v) is 6.72. The van der Waals surface area contributed by atoms with E-state index >= 15 is 0 Å². The van der Waals surface area contributed by atoms with E-state index in [4.69, 9.17) is 9.47 Å². The van der Waals surface area contributed by atoms with Crippen molar-refractivity contribution < 1.29 is 24.2 Å². The SMILES string of the molecule is Cc1ccc(N2C(=O)C(=O)/C(=C(/O)c3ccc(OC(C)C)c(C)c3)C2c2cccc(Oc3ccccc3)c2)cc1. The van der Waals surface area contributed by atoms with Crippen molar-refractivity contribution in [1.82, 2.24) is 0 Å². The fourth-order valence-corrected chi connectivity index (χ4v) is 4.83. The second-order valence-electron chi connectivity index (χ2n) is 10.1. The van der Waals surface area contributed by atoms with Crippen LogP contribution in [0.4, 0.5) is 5.69 Å². The van der Waals surface area contributed by atoms with Gasteiger partial charge in [0.25, 0.3) is 11.7 Å². The van der Waals surface area contributed by atoms with E-state index in [9.17, 15) is 14.7 Å². The number of ether oxygens (including phenoxy) is 2. The molecule has 1 heterocycles. The predicted octanol–water partition coefficient (Wildman–Crippen LogP) is 7.51. The number of ketones is 1. The lowest BCUT2D eigenvalue weighted by Crippen LogP contribution is -2.29. The Morgan fingerprint density at radius 3 is 2.20 bits per heavy atom. The maximum Gasteiger partial charge on any atom is 0.300 e. The molecule has 5 rings (SSSR count). The van der Waals surface area contributed by atoms with Gasteiger partial charge in [0.05, 0.1) is 17.7 Å². The molecule has 1 saturated heterocycles. The molecular weight excluding hydrogens is 502 g/mol. The lowest BCUT2D eigenvalue weighted by molar-refractivity contribution is -0.132. The molecule has 1 aliphatic heterocycles. The van der Waals surface area contributed by atoms with Crippen LogP contribution in [0.25, 0.3) is 5.76 Å². The Hall–Kier alpha value is -4.84. The summed E-state index contributed by atoms with van der Waals surface area (Å²) >= 11 is 0. The van der Waals surface area contributed by atoms with Gasteiger partial charge in [-0.25, -0.2) is 0 Å². The summed E-state index contributed by atoms with van der Waals surface area (Å²) in [6, 6.07) is 28.3. The van der Waals surface area contributed by atoms with Crippen molar-refractivity contribution >= 4 is 23.1 Å². The Morgan fingerprint density at radius 2 is 1.52 bits per heavy atom. The lowest BCUT2D eigenvalue weighted by atomic mass is 9.94. The number of benzene rings is 4. The van der Waals surface area contributed by atoms with Gasteiger partial charge in [-0.1, -0.05) is 48.0 Å². The second-order valence-corrected chi connectivity index (χ2v) is 10.1. The summed E-state index contributed by atoms with van der Waals surface area (Å²) in [6.07, 6.45) is -0.0108. The third-order valence-electron chi connectivity index (χ3n) is 6.72. The highest BCUT2D eigenvalue weighted by Gasteiger charge is 2.47. The molecule has 0 aromatic heterocycles. The van der Waals surface area contributed by atoms with Crippen molar-refractivity contribution in [3.05, 3.63) is 125 Å². The fourth-order valence-electron chi connectivity index (χ4n) is 4.83. The highest BCUT2D eigenvalue weighted by Crippen LogP contribution is 2.43. The summed E-state index contributed by atoms with van der Waals surface area (Å²) in [5.74, 6) is 0.190. The normalized spacial score (nSPS) is 16.4. The first-order valence-electron chi connectivity index (χ1n) is 13.2. The second kappa shape index (κ2) is 11.1. The van der Waals surface area contributed by atoms with Crippen molar-refractivity contribution in [2.45, 2.75) is 39.8 Å². The average Bonchev–Trinajstić information content (AvgIpc) is 3.20. The summed E-state index contributed by atoms with van der Waals surface area (Å²) < 4.78 is 11.9. The highest BCUT2D eigenvalue weighted by atomic mass is 16.5. The molecule has 0 aliphatic carbocycles. The van der Waals surface area contributed by atoms with Gasteiger partial charge < -0.3 is 14.6 Å². The largest absolute Gasteiger partial charge is 0.507 e. The molecule has 0 saturated carbocycles. The lowest BCUT2D eigenvalue weighted by Gasteiger charge is -2.26. The molecule has 1 unspecified atom stereocenters. The average molecular weight is 534 g/mol. The summed E-state index contributed by atoms with van der Waals surface area (Å²) in [5, 5.41) is 11.6. The van der Waals surface area contributed by atoms with E-state index in [1.165, 1.54) is 4.90 Å². The number of aliphatic hydroxyl groups is 1. The van der Waals surface area contributed by atoms with Crippen LogP contribution in [0.2, 0.25) is 0 Å². The first kappa shape index (κ1) is 26.8. The Bertz CT molecular complexity index is 1590. The number of nitrogens with zero attached hydrogens (tertiary/aromatic N) is 1. The molecule has 0 radical (unpaired) electrons. The van der Waals surface area contributed by atoms with Crippen LogP contribution in [0.1, 0.15) is 42.1 Å².